The van der Waals surface area contributed by atoms with Gasteiger partial charge in [-0.15, -0.1) is 0 Å². The van der Waals surface area contributed by atoms with E-state index in [0.717, 1.165) is 14.9 Å². The maximum absolute atomic E-state index is 4.94. The van der Waals surface area contributed by atoms with Crippen molar-refractivity contribution in [3.63, 3.8) is 0 Å². The van der Waals surface area contributed by atoms with Crippen molar-refractivity contribution in [2.45, 2.75) is 0 Å². The van der Waals surface area contributed by atoms with Gasteiger partial charge < -0.3 is 4.57 Å². The topological polar surface area (TPSA) is 4.93 Å². The van der Waals surface area contributed by atoms with Crippen molar-refractivity contribution in [1.29, 1.82) is 0 Å². The molecule has 42 valence electrons. The molecule has 0 aliphatic carbocycles. The normalized spacial score (nSPS) is 9.50. The lowest BCUT2D eigenvalue weighted by atomic mass is 10.7. The quantitative estimate of drug-likeness (QED) is 0.363. The van der Waals surface area contributed by atoms with Crippen LogP contribution in [0.25, 0.3) is 0 Å². The zero-order valence-corrected chi connectivity index (χ0v) is 7.48. The average Bonchev–Trinajstić information content (AvgIpc) is 2.12. The molecule has 0 fully saturated rings. The molecule has 0 aliphatic rings. The second-order valence-electron chi connectivity index (χ2n) is 1.61. The van der Waals surface area contributed by atoms with Crippen molar-refractivity contribution in [2.75, 3.05) is 0 Å². The van der Waals surface area contributed by atoms with E-state index in [0.29, 0.717) is 0 Å². The van der Waals surface area contributed by atoms with Crippen molar-refractivity contribution < 1.29 is 0 Å². The molecule has 1 aromatic heterocycles. The van der Waals surface area contributed by atoms with Crippen molar-refractivity contribution >= 4 is 27.1 Å². The predicted octanol–water partition coefficient (Wildman–Crippen LogP) is -0.0135. The molecule has 0 atom stereocenters. The highest BCUT2D eigenvalue weighted by Crippen LogP contribution is 1.86. The van der Waals surface area contributed by atoms with Gasteiger partial charge in [-0.25, -0.2) is 0 Å². The highest BCUT2D eigenvalue weighted by atomic mass is 32.1. The Morgan fingerprint density at radius 3 is 2.12 bits per heavy atom. The summed E-state index contributed by atoms with van der Waals surface area (Å²) in [5, 5.41) is 0. The van der Waals surface area contributed by atoms with Gasteiger partial charge in [0.15, 0.2) is 0 Å². The summed E-state index contributed by atoms with van der Waals surface area (Å²) in [4.78, 5) is 0. The summed E-state index contributed by atoms with van der Waals surface area (Å²) >= 11 is 4.94. The van der Waals surface area contributed by atoms with Crippen LogP contribution >= 0.6 is 12.2 Å². The number of rotatable bonds is 0. The fourth-order valence-corrected chi connectivity index (χ4v) is 0.964. The van der Waals surface area contributed by atoms with Gasteiger partial charge in [-0.2, -0.15) is 0 Å². The number of hydrogen-bond acceptors (Lipinski definition) is 1. The first-order valence-corrected chi connectivity index (χ1v) is 3.85. The zero-order chi connectivity index (χ0) is 5.98. The standard InChI is InChI=1S/C5H7NSSi/c7-5(8)6-3-1-2-4-6/h1-4H,8H3. The molecule has 3 heteroatoms. The van der Waals surface area contributed by atoms with Crippen LogP contribution in [0.15, 0.2) is 24.5 Å². The summed E-state index contributed by atoms with van der Waals surface area (Å²) < 4.78 is 2.98. The second kappa shape index (κ2) is 2.24. The molecule has 0 bridgehead atoms. The zero-order valence-electron chi connectivity index (χ0n) is 4.66. The SMILES string of the molecule is [SiH3]C(=S)n1cccc1. The molecule has 1 heterocycles. The van der Waals surface area contributed by atoms with Crippen LogP contribution in [-0.2, 0) is 0 Å². The minimum Gasteiger partial charge on any atom is -0.323 e. The van der Waals surface area contributed by atoms with Crippen LogP contribution in [0, 0.1) is 0 Å². The van der Waals surface area contributed by atoms with Gasteiger partial charge in [-0.1, -0.05) is 12.2 Å². The van der Waals surface area contributed by atoms with Gasteiger partial charge >= 0.3 is 0 Å². The third-order valence-corrected chi connectivity index (χ3v) is 1.70. The van der Waals surface area contributed by atoms with E-state index in [1.54, 1.807) is 0 Å². The van der Waals surface area contributed by atoms with E-state index < -0.39 is 0 Å². The van der Waals surface area contributed by atoms with E-state index in [-0.39, 0.29) is 0 Å². The van der Waals surface area contributed by atoms with Crippen molar-refractivity contribution in [1.82, 2.24) is 4.57 Å². The van der Waals surface area contributed by atoms with Crippen molar-refractivity contribution in [3.05, 3.63) is 24.5 Å². The molecule has 0 aromatic carbocycles. The van der Waals surface area contributed by atoms with Gasteiger partial charge in [0, 0.05) is 12.4 Å². The van der Waals surface area contributed by atoms with E-state index >= 15 is 0 Å². The Morgan fingerprint density at radius 2 is 1.88 bits per heavy atom. The summed E-state index contributed by atoms with van der Waals surface area (Å²) in [6.07, 6.45) is 3.94. The molecule has 0 unspecified atom stereocenters. The summed E-state index contributed by atoms with van der Waals surface area (Å²) in [6.45, 7) is 0. The van der Waals surface area contributed by atoms with Gasteiger partial charge in [0.25, 0.3) is 0 Å². The van der Waals surface area contributed by atoms with Gasteiger partial charge in [0.05, 0.1) is 14.9 Å². The van der Waals surface area contributed by atoms with E-state index in [2.05, 4.69) is 0 Å². The van der Waals surface area contributed by atoms with Crippen LogP contribution in [0.3, 0.4) is 0 Å². The lowest BCUT2D eigenvalue weighted by Crippen LogP contribution is -2.03. The maximum atomic E-state index is 4.94. The largest absolute Gasteiger partial charge is 0.323 e. The number of thiocarbonyl (C=S) groups is 1. The molecule has 1 rings (SSSR count). The van der Waals surface area contributed by atoms with Gasteiger partial charge in [-0.05, 0) is 12.1 Å². The van der Waals surface area contributed by atoms with Crippen LogP contribution in [-0.4, -0.2) is 19.4 Å². The van der Waals surface area contributed by atoms with E-state index in [9.17, 15) is 0 Å². The first-order valence-electron chi connectivity index (χ1n) is 2.44. The summed E-state index contributed by atoms with van der Waals surface area (Å²) in [5.74, 6) is 0. The molecule has 0 saturated heterocycles. The molecular weight excluding hydrogens is 134 g/mol. The third kappa shape index (κ3) is 1.05. The number of aromatic nitrogens is 1. The van der Waals surface area contributed by atoms with Gasteiger partial charge in [-0.3, -0.25) is 0 Å². The fraction of sp³-hybridized carbons (Fsp3) is 0. The van der Waals surface area contributed by atoms with E-state index in [4.69, 9.17) is 12.2 Å². The lowest BCUT2D eigenvalue weighted by Gasteiger charge is -1.93. The monoisotopic (exact) mass is 141 g/mol. The highest BCUT2D eigenvalue weighted by molar-refractivity contribution is 7.82. The Morgan fingerprint density at radius 1 is 1.38 bits per heavy atom. The highest BCUT2D eigenvalue weighted by Gasteiger charge is 1.84. The second-order valence-corrected chi connectivity index (χ2v) is 3.87. The molecule has 1 aromatic rings. The Labute approximate surface area is 56.7 Å². The molecule has 0 saturated carbocycles. The van der Waals surface area contributed by atoms with Crippen LogP contribution in [0.1, 0.15) is 0 Å². The Bertz CT molecular complexity index is 180. The van der Waals surface area contributed by atoms with E-state index in [1.807, 2.05) is 29.1 Å². The Hall–Kier alpha value is -0.413. The molecule has 0 spiro atoms. The lowest BCUT2D eigenvalue weighted by molar-refractivity contribution is 1.22. The molecule has 0 N–H and O–H groups in total. The van der Waals surface area contributed by atoms with Gasteiger partial charge in [0.2, 0.25) is 0 Å². The van der Waals surface area contributed by atoms with Crippen LogP contribution < -0.4 is 0 Å². The maximum Gasteiger partial charge on any atom is 0.0744 e. The minimum absolute atomic E-state index is 0.966. The fourth-order valence-electron chi connectivity index (χ4n) is 0.544. The minimum atomic E-state index is 0.966. The molecule has 8 heavy (non-hydrogen) atoms. The molecule has 0 amide bonds. The third-order valence-electron chi connectivity index (χ3n) is 0.968. The first kappa shape index (κ1) is 5.72. The van der Waals surface area contributed by atoms with Crippen LogP contribution in [0.4, 0.5) is 0 Å². The smallest absolute Gasteiger partial charge is 0.0744 e. The molecule has 1 nitrogen and oxygen atoms in total. The number of hydrogen-bond donors (Lipinski definition) is 0. The van der Waals surface area contributed by atoms with Crippen molar-refractivity contribution in [2.24, 2.45) is 0 Å². The van der Waals surface area contributed by atoms with Crippen molar-refractivity contribution in [3.8, 4) is 0 Å². The molecule has 0 radical (unpaired) electrons. The predicted molar refractivity (Wildman–Crippen MR) is 42.4 cm³/mol. The summed E-state index contributed by atoms with van der Waals surface area (Å²) in [5.41, 5.74) is 0. The first-order chi connectivity index (χ1) is 3.80. The molecule has 0 aliphatic heterocycles. The summed E-state index contributed by atoms with van der Waals surface area (Å²) in [7, 11) is 0.966. The summed E-state index contributed by atoms with van der Waals surface area (Å²) in [6, 6.07) is 3.95. The average molecular weight is 141 g/mol. The van der Waals surface area contributed by atoms with Crippen LogP contribution in [0.5, 0.6) is 0 Å². The number of nitrogens with zero attached hydrogens (tertiary/aromatic N) is 1. The molecular formula is C5H7NSSi. The Balaban J connectivity index is 2.93. The Kier molecular flexibility index (Phi) is 1.60. The van der Waals surface area contributed by atoms with Gasteiger partial charge in [0.1, 0.15) is 0 Å². The van der Waals surface area contributed by atoms with E-state index in [1.165, 1.54) is 0 Å². The van der Waals surface area contributed by atoms with Crippen LogP contribution in [0.2, 0.25) is 0 Å².